The Kier molecular flexibility index (Phi) is 9.26. The van der Waals surface area contributed by atoms with E-state index in [9.17, 15) is 9.18 Å². The second-order valence-electron chi connectivity index (χ2n) is 7.69. The first kappa shape index (κ1) is 24.0. The first-order valence-electron chi connectivity index (χ1n) is 11.3. The van der Waals surface area contributed by atoms with Crippen molar-refractivity contribution in [2.24, 2.45) is 0 Å². The van der Waals surface area contributed by atoms with E-state index in [4.69, 9.17) is 14.2 Å². The van der Waals surface area contributed by atoms with Gasteiger partial charge in [0, 0.05) is 32.7 Å². The van der Waals surface area contributed by atoms with E-state index in [0.717, 1.165) is 42.9 Å². The van der Waals surface area contributed by atoms with Crippen LogP contribution in [0.25, 0.3) is 5.57 Å². The highest BCUT2D eigenvalue weighted by Crippen LogP contribution is 2.21. The number of nitrogens with zero attached hydrogens (tertiary/aromatic N) is 1. The lowest BCUT2D eigenvalue weighted by Crippen LogP contribution is -2.33. The molecule has 2 aromatic rings. The number of rotatable bonds is 11. The summed E-state index contributed by atoms with van der Waals surface area (Å²) in [6, 6.07) is 14.4. The third kappa shape index (κ3) is 7.18. The van der Waals surface area contributed by atoms with Crippen LogP contribution in [0.5, 0.6) is 5.75 Å². The predicted molar refractivity (Wildman–Crippen MR) is 123 cm³/mol. The highest BCUT2D eigenvalue weighted by atomic mass is 19.1. The van der Waals surface area contributed by atoms with E-state index in [1.54, 1.807) is 6.92 Å². The molecule has 3 rings (SSSR count). The first-order valence-corrected chi connectivity index (χ1v) is 11.3. The highest BCUT2D eigenvalue weighted by Gasteiger charge is 2.20. The molecule has 6 heteroatoms. The molecule has 0 fully saturated rings. The lowest BCUT2D eigenvalue weighted by molar-refractivity contribution is -0.156. The summed E-state index contributed by atoms with van der Waals surface area (Å²) < 4.78 is 29.7. The largest absolute Gasteiger partial charge is 0.492 e. The van der Waals surface area contributed by atoms with Crippen molar-refractivity contribution in [2.45, 2.75) is 32.8 Å². The molecule has 32 heavy (non-hydrogen) atoms. The fourth-order valence-corrected chi connectivity index (χ4v) is 3.74. The van der Waals surface area contributed by atoms with Gasteiger partial charge in [0.15, 0.2) is 6.10 Å². The molecule has 0 N–H and O–H groups in total. The molecule has 0 saturated heterocycles. The van der Waals surface area contributed by atoms with Crippen molar-refractivity contribution in [1.82, 2.24) is 4.90 Å². The second kappa shape index (κ2) is 12.4. The summed E-state index contributed by atoms with van der Waals surface area (Å²) in [4.78, 5) is 14.4. The summed E-state index contributed by atoms with van der Waals surface area (Å²) in [5.41, 5.74) is 3.29. The summed E-state index contributed by atoms with van der Waals surface area (Å²) in [6.07, 6.45) is 3.09. The Morgan fingerprint density at radius 1 is 1.06 bits per heavy atom. The average Bonchev–Trinajstić information content (AvgIpc) is 2.81. The van der Waals surface area contributed by atoms with Gasteiger partial charge in [-0.25, -0.2) is 9.18 Å². The van der Waals surface area contributed by atoms with E-state index >= 15 is 0 Å². The van der Waals surface area contributed by atoms with Gasteiger partial charge in [-0.2, -0.15) is 0 Å². The zero-order valence-corrected chi connectivity index (χ0v) is 18.9. The number of carbonyl (C=O) groups excluding carboxylic acids is 1. The molecule has 0 bridgehead atoms. The van der Waals surface area contributed by atoms with Crippen molar-refractivity contribution in [3.63, 3.8) is 0 Å². The molecule has 1 aliphatic rings. The smallest absolute Gasteiger partial charge is 0.335 e. The first-order chi connectivity index (χ1) is 15.6. The van der Waals surface area contributed by atoms with Crippen molar-refractivity contribution in [3.05, 3.63) is 71.6 Å². The molecule has 1 atom stereocenters. The number of benzene rings is 2. The molecule has 0 radical (unpaired) electrons. The number of hydrogen-bond acceptors (Lipinski definition) is 5. The maximum Gasteiger partial charge on any atom is 0.335 e. The van der Waals surface area contributed by atoms with Gasteiger partial charge in [0.05, 0.1) is 6.61 Å². The lowest BCUT2D eigenvalue weighted by Gasteiger charge is -2.27. The second-order valence-corrected chi connectivity index (χ2v) is 7.69. The van der Waals surface area contributed by atoms with Crippen LogP contribution in [0, 0.1) is 5.82 Å². The zero-order valence-electron chi connectivity index (χ0n) is 18.9. The molecule has 1 aliphatic heterocycles. The van der Waals surface area contributed by atoms with E-state index in [0.29, 0.717) is 26.2 Å². The Bertz CT molecular complexity index is 880. The molecular weight excluding hydrogens is 409 g/mol. The molecule has 0 aliphatic carbocycles. The minimum atomic E-state index is -0.589. The standard InChI is InChI=1S/C26H32FNO4/c1-3-30-25(26(29)31-4-2)18-20-7-13-24(14-8-20)32-17-16-28-15-5-6-22(19-28)21-9-11-23(27)12-10-21/h6-14,25H,3-5,15-19H2,1-2H3. The van der Waals surface area contributed by atoms with Gasteiger partial charge in [-0.15, -0.1) is 0 Å². The molecule has 172 valence electrons. The van der Waals surface area contributed by atoms with Gasteiger partial charge in [0.25, 0.3) is 0 Å². The van der Waals surface area contributed by atoms with E-state index in [2.05, 4.69) is 11.0 Å². The van der Waals surface area contributed by atoms with Gasteiger partial charge in [-0.3, -0.25) is 4.90 Å². The molecule has 5 nitrogen and oxygen atoms in total. The van der Waals surface area contributed by atoms with Crippen molar-refractivity contribution in [2.75, 3.05) is 39.5 Å². The third-order valence-corrected chi connectivity index (χ3v) is 5.38. The minimum absolute atomic E-state index is 0.212. The maximum atomic E-state index is 13.2. The number of ether oxygens (including phenoxy) is 3. The van der Waals surface area contributed by atoms with Crippen molar-refractivity contribution < 1.29 is 23.4 Å². The number of halogens is 1. The van der Waals surface area contributed by atoms with Crippen molar-refractivity contribution >= 4 is 11.5 Å². The molecule has 0 saturated carbocycles. The maximum absolute atomic E-state index is 13.2. The van der Waals surface area contributed by atoms with Gasteiger partial charge in [0.1, 0.15) is 18.2 Å². The number of carbonyl (C=O) groups is 1. The third-order valence-electron chi connectivity index (χ3n) is 5.38. The quantitative estimate of drug-likeness (QED) is 0.481. The van der Waals surface area contributed by atoms with Gasteiger partial charge < -0.3 is 14.2 Å². The molecule has 1 unspecified atom stereocenters. The van der Waals surface area contributed by atoms with Crippen LogP contribution in [-0.4, -0.2) is 56.4 Å². The van der Waals surface area contributed by atoms with Crippen LogP contribution >= 0.6 is 0 Å². The number of esters is 1. The van der Waals surface area contributed by atoms with Crippen molar-refractivity contribution in [3.8, 4) is 5.75 Å². The molecule has 0 aromatic heterocycles. The average molecular weight is 442 g/mol. The Labute approximate surface area is 189 Å². The molecule has 0 amide bonds. The van der Waals surface area contributed by atoms with Crippen LogP contribution in [0.3, 0.4) is 0 Å². The SMILES string of the molecule is CCOC(=O)C(Cc1ccc(OCCN2CCC=C(c3ccc(F)cc3)C2)cc1)OCC. The summed E-state index contributed by atoms with van der Waals surface area (Å²) in [7, 11) is 0. The van der Waals surface area contributed by atoms with Crippen LogP contribution in [-0.2, 0) is 20.7 Å². The highest BCUT2D eigenvalue weighted by molar-refractivity contribution is 5.75. The predicted octanol–water partition coefficient (Wildman–Crippen LogP) is 4.50. The van der Waals surface area contributed by atoms with Crippen LogP contribution in [0.1, 0.15) is 31.4 Å². The van der Waals surface area contributed by atoms with E-state index < -0.39 is 6.10 Å². The monoisotopic (exact) mass is 441 g/mol. The summed E-state index contributed by atoms with van der Waals surface area (Å²) in [5, 5.41) is 0. The Morgan fingerprint density at radius 3 is 2.50 bits per heavy atom. The van der Waals surface area contributed by atoms with Gasteiger partial charge in [-0.05, 0) is 61.2 Å². The van der Waals surface area contributed by atoms with Crippen LogP contribution in [0.15, 0.2) is 54.6 Å². The van der Waals surface area contributed by atoms with E-state index in [-0.39, 0.29) is 11.8 Å². The Balaban J connectivity index is 1.45. The normalized spacial score (nSPS) is 15.2. The zero-order chi connectivity index (χ0) is 22.8. The van der Waals surface area contributed by atoms with Gasteiger partial charge in [0.2, 0.25) is 0 Å². The molecule has 1 heterocycles. The minimum Gasteiger partial charge on any atom is -0.492 e. The van der Waals surface area contributed by atoms with Crippen LogP contribution in [0.2, 0.25) is 0 Å². The Hall–Kier alpha value is -2.70. The summed E-state index contributed by atoms with van der Waals surface area (Å²) in [6.45, 7) is 7.67. The van der Waals surface area contributed by atoms with Gasteiger partial charge in [-0.1, -0.05) is 30.3 Å². The topological polar surface area (TPSA) is 48.0 Å². The van der Waals surface area contributed by atoms with E-state index in [1.807, 2.05) is 43.3 Å². The fraction of sp³-hybridized carbons (Fsp3) is 0.423. The summed E-state index contributed by atoms with van der Waals surface area (Å²) in [5.74, 6) is 0.255. The van der Waals surface area contributed by atoms with Gasteiger partial charge >= 0.3 is 5.97 Å². The van der Waals surface area contributed by atoms with Crippen LogP contribution in [0.4, 0.5) is 4.39 Å². The van der Waals surface area contributed by atoms with Crippen molar-refractivity contribution in [1.29, 1.82) is 0 Å². The number of hydrogen-bond donors (Lipinski definition) is 0. The Morgan fingerprint density at radius 2 is 1.81 bits per heavy atom. The summed E-state index contributed by atoms with van der Waals surface area (Å²) >= 11 is 0. The fourth-order valence-electron chi connectivity index (χ4n) is 3.74. The van der Waals surface area contributed by atoms with E-state index in [1.165, 1.54) is 17.7 Å². The van der Waals surface area contributed by atoms with Crippen LogP contribution < -0.4 is 4.74 Å². The molecule has 0 spiro atoms. The molecule has 2 aromatic carbocycles. The lowest BCUT2D eigenvalue weighted by atomic mass is 10.0. The molecular formula is C26H32FNO4.